The standard InChI is InChI=1S/C62H100O24/c1-31-17-16-18-42(63)45(75-13)27-47(82-59(71)35(5)25-33(3)23-32(2)24-34(4)43(20-19-31)83-60-56(84-49(66)22-21-48(64)65)54(69)55(77-15)39(9)80-60)57(70)62(73)37(7)52(67)36(6)44(86-62)26-41(30-74-12)81-51-29-61(11,72)58(40(10)79-51)85-50-28-46(76-14)53(68)38(8)78-50/h17,19-20,23-25,34,36-47,50-58,60,63,67-70,72-73H,16,18,21-22,26-30H2,1-15H3,(H,64,65). The van der Waals surface area contributed by atoms with Gasteiger partial charge in [-0.3, -0.25) is 9.59 Å². The minimum Gasteiger partial charge on any atom is -0.481 e. The van der Waals surface area contributed by atoms with E-state index in [1.54, 1.807) is 53.7 Å². The summed E-state index contributed by atoms with van der Waals surface area (Å²) in [5.74, 6) is -7.76. The Morgan fingerprint density at radius 2 is 1.44 bits per heavy atom. The van der Waals surface area contributed by atoms with Gasteiger partial charge in [-0.1, -0.05) is 67.9 Å². The third kappa shape index (κ3) is 19.5. The molecule has 5 aliphatic rings. The Kier molecular flexibility index (Phi) is 28.0. The Morgan fingerprint density at radius 1 is 0.767 bits per heavy atom. The predicted molar refractivity (Wildman–Crippen MR) is 308 cm³/mol. The molecular weight excluding hydrogens is 1130 g/mol. The summed E-state index contributed by atoms with van der Waals surface area (Å²) in [6.07, 6.45) is -10.8. The highest BCUT2D eigenvalue weighted by Crippen LogP contribution is 2.43. The molecule has 86 heavy (non-hydrogen) atoms. The lowest BCUT2D eigenvalue weighted by atomic mass is 9.76. The molecule has 5 aliphatic heterocycles. The van der Waals surface area contributed by atoms with Crippen LogP contribution in [0, 0.1) is 17.8 Å². The summed E-state index contributed by atoms with van der Waals surface area (Å²) in [7, 11) is 5.70. The second-order valence-corrected chi connectivity index (χ2v) is 24.3. The van der Waals surface area contributed by atoms with Crippen LogP contribution < -0.4 is 0 Å². The van der Waals surface area contributed by atoms with Gasteiger partial charge in [0.05, 0.1) is 86.1 Å². The quantitative estimate of drug-likeness (QED) is 0.0847. The van der Waals surface area contributed by atoms with Crippen molar-refractivity contribution >= 4 is 17.9 Å². The first-order chi connectivity index (χ1) is 40.4. The number of carboxylic acids is 1. The van der Waals surface area contributed by atoms with Gasteiger partial charge in [-0.25, -0.2) is 4.79 Å². The van der Waals surface area contributed by atoms with Gasteiger partial charge in [0.25, 0.3) is 0 Å². The molecule has 0 spiro atoms. The molecule has 0 bridgehead atoms. The van der Waals surface area contributed by atoms with E-state index >= 15 is 0 Å². The Hall–Kier alpha value is -3.61. The first kappa shape index (κ1) is 73.1. The van der Waals surface area contributed by atoms with E-state index in [4.69, 9.17) is 61.6 Å². The van der Waals surface area contributed by atoms with E-state index in [-0.39, 0.29) is 44.3 Å². The van der Waals surface area contributed by atoms with E-state index in [9.17, 15) is 55.2 Å². The Labute approximate surface area is 506 Å². The monoisotopic (exact) mass is 1230 g/mol. The maximum atomic E-state index is 14.2. The molecule has 24 heteroatoms. The minimum absolute atomic E-state index is 0.0112. The number of carbonyl (C=O) groups excluding carboxylic acids is 2. The van der Waals surface area contributed by atoms with Crippen LogP contribution in [0.4, 0.5) is 0 Å². The summed E-state index contributed by atoms with van der Waals surface area (Å²) in [5, 5.41) is 91.6. The molecule has 0 radical (unpaired) electrons. The first-order valence-electron chi connectivity index (χ1n) is 29.9. The Bertz CT molecular complexity index is 2340. The van der Waals surface area contributed by atoms with Crippen LogP contribution in [0.5, 0.6) is 0 Å². The predicted octanol–water partition coefficient (Wildman–Crippen LogP) is 4.00. The van der Waals surface area contributed by atoms with Crippen LogP contribution in [0.1, 0.15) is 128 Å². The van der Waals surface area contributed by atoms with E-state index in [0.29, 0.717) is 12.0 Å². The lowest BCUT2D eigenvalue weighted by Crippen LogP contribution is -2.66. The van der Waals surface area contributed by atoms with Crippen molar-refractivity contribution in [3.8, 4) is 0 Å². The molecule has 5 rings (SSSR count). The fraction of sp³-hybridized carbons (Fsp3) is 0.790. The molecule has 5 heterocycles. The third-order valence-corrected chi connectivity index (χ3v) is 17.2. The second kappa shape index (κ2) is 32.9. The van der Waals surface area contributed by atoms with Crippen LogP contribution >= 0.6 is 0 Å². The molecule has 492 valence electrons. The molecular formula is C62H100O24. The number of hydrogen-bond donors (Lipinski definition) is 8. The number of carbonyl (C=O) groups is 3. The number of methoxy groups -OCH3 is 4. The van der Waals surface area contributed by atoms with E-state index in [0.717, 1.165) is 11.1 Å². The number of hydrogen-bond acceptors (Lipinski definition) is 23. The first-order valence-corrected chi connectivity index (χ1v) is 29.9. The zero-order chi connectivity index (χ0) is 64.1. The van der Waals surface area contributed by atoms with Gasteiger partial charge >= 0.3 is 17.9 Å². The molecule has 0 amide bonds. The highest BCUT2D eigenvalue weighted by Gasteiger charge is 2.58. The van der Waals surface area contributed by atoms with Crippen molar-refractivity contribution in [3.63, 3.8) is 0 Å². The third-order valence-electron chi connectivity index (χ3n) is 17.2. The maximum Gasteiger partial charge on any atom is 0.334 e. The van der Waals surface area contributed by atoms with Crippen molar-refractivity contribution < 1.29 is 117 Å². The van der Waals surface area contributed by atoms with Gasteiger partial charge in [-0.15, -0.1) is 0 Å². The lowest BCUT2D eigenvalue weighted by molar-refractivity contribution is -0.366. The molecule has 0 saturated carbocycles. The molecule has 0 aromatic heterocycles. The van der Waals surface area contributed by atoms with Crippen LogP contribution in [0.3, 0.4) is 0 Å². The van der Waals surface area contributed by atoms with Crippen molar-refractivity contribution in [1.29, 1.82) is 0 Å². The summed E-state index contributed by atoms with van der Waals surface area (Å²) in [4.78, 5) is 38.3. The van der Waals surface area contributed by atoms with Crippen LogP contribution in [0.15, 0.2) is 58.7 Å². The highest BCUT2D eigenvalue weighted by atomic mass is 16.7. The fourth-order valence-corrected chi connectivity index (χ4v) is 12.1. The highest BCUT2D eigenvalue weighted by molar-refractivity contribution is 5.88. The summed E-state index contributed by atoms with van der Waals surface area (Å²) in [6, 6.07) is 0. The van der Waals surface area contributed by atoms with Crippen molar-refractivity contribution in [2.45, 2.75) is 262 Å². The number of esters is 2. The van der Waals surface area contributed by atoms with E-state index < -0.39 is 183 Å². The number of allylic oxidation sites excluding steroid dienone is 7. The molecule has 4 fully saturated rings. The van der Waals surface area contributed by atoms with E-state index in [2.05, 4.69) is 0 Å². The van der Waals surface area contributed by atoms with Crippen molar-refractivity contribution in [2.75, 3.05) is 35.0 Å². The lowest BCUT2D eigenvalue weighted by Gasteiger charge is -2.51. The molecule has 0 aromatic carbocycles. The number of ether oxygens (including phenoxy) is 13. The van der Waals surface area contributed by atoms with Gasteiger partial charge < -0.3 is 102 Å². The van der Waals surface area contributed by atoms with Gasteiger partial charge in [-0.05, 0) is 74.3 Å². The fourth-order valence-electron chi connectivity index (χ4n) is 12.1. The average molecular weight is 1230 g/mol. The Balaban J connectivity index is 1.39. The average Bonchev–Trinajstić information content (AvgIpc) is 1.18. The van der Waals surface area contributed by atoms with Crippen LogP contribution in [-0.4, -0.2) is 228 Å². The molecule has 0 aromatic rings. The van der Waals surface area contributed by atoms with Gasteiger partial charge in [0.1, 0.15) is 36.6 Å². The maximum absolute atomic E-state index is 14.2. The second-order valence-electron chi connectivity index (χ2n) is 24.3. The number of aliphatic hydroxyl groups excluding tert-OH is 5. The number of cyclic esters (lactones) is 1. The molecule has 25 unspecified atom stereocenters. The van der Waals surface area contributed by atoms with Gasteiger partial charge in [0.15, 0.2) is 25.0 Å². The zero-order valence-electron chi connectivity index (χ0n) is 52.7. The van der Waals surface area contributed by atoms with Gasteiger partial charge in [0.2, 0.25) is 5.79 Å². The van der Waals surface area contributed by atoms with Crippen molar-refractivity contribution in [2.24, 2.45) is 17.8 Å². The zero-order valence-corrected chi connectivity index (χ0v) is 52.7. The van der Waals surface area contributed by atoms with Crippen LogP contribution in [0.25, 0.3) is 0 Å². The van der Waals surface area contributed by atoms with Crippen LogP contribution in [0.2, 0.25) is 0 Å². The SMILES string of the molecule is COCC(CC1OC(O)(C(O)C2CC(OC)C(O)CCC=C(C)C=CC(OC3OC(C)C(OC)C(O)C3OC(=O)CCC(=O)O)C(C)C=C(C)C=C(C)C=C(C)C(=O)O2)C(C)C(O)C1C)OC1CC(C)(O)C(OC2CC(OC)C(O)C(C)O2)C(C)O1. The molecule has 0 aliphatic carbocycles. The summed E-state index contributed by atoms with van der Waals surface area (Å²) in [6.45, 7) is 18.8. The molecule has 4 saturated heterocycles. The summed E-state index contributed by atoms with van der Waals surface area (Å²) in [5.41, 5.74) is 0.728. The van der Waals surface area contributed by atoms with Gasteiger partial charge in [-0.2, -0.15) is 0 Å². The minimum atomic E-state index is -2.57. The number of aliphatic hydroxyl groups is 7. The van der Waals surface area contributed by atoms with E-state index in [1.165, 1.54) is 42.3 Å². The number of aliphatic carboxylic acids is 1. The largest absolute Gasteiger partial charge is 0.481 e. The van der Waals surface area contributed by atoms with Crippen LogP contribution in [-0.2, 0) is 76.0 Å². The smallest absolute Gasteiger partial charge is 0.334 e. The molecule has 25 atom stereocenters. The number of rotatable bonds is 19. The molecule has 8 N–H and O–H groups in total. The van der Waals surface area contributed by atoms with Gasteiger partial charge in [0, 0.05) is 77.4 Å². The summed E-state index contributed by atoms with van der Waals surface area (Å²) >= 11 is 0. The normalized spacial score (nSPS) is 40.9. The summed E-state index contributed by atoms with van der Waals surface area (Å²) < 4.78 is 78.2. The van der Waals surface area contributed by atoms with Crippen molar-refractivity contribution in [3.05, 3.63) is 58.7 Å². The topological polar surface area (TPSA) is 333 Å². The number of carboxylic acid groups (broad SMARTS) is 1. The molecule has 24 nitrogen and oxygen atoms in total. The van der Waals surface area contributed by atoms with E-state index in [1.807, 2.05) is 45.1 Å². The Morgan fingerprint density at radius 3 is 2.07 bits per heavy atom. The van der Waals surface area contributed by atoms with Crippen molar-refractivity contribution in [1.82, 2.24) is 0 Å².